The van der Waals surface area contributed by atoms with E-state index in [0.29, 0.717) is 12.2 Å². The van der Waals surface area contributed by atoms with Gasteiger partial charge in [0.05, 0.1) is 6.26 Å². The van der Waals surface area contributed by atoms with Gasteiger partial charge in [-0.1, -0.05) is 20.3 Å². The van der Waals surface area contributed by atoms with Crippen LogP contribution in [-0.2, 0) is 9.59 Å². The van der Waals surface area contributed by atoms with Crippen molar-refractivity contribution in [2.45, 2.75) is 26.3 Å². The average Bonchev–Trinajstić information content (AvgIpc) is 2.85. The Balaban J connectivity index is 2.59. The molecular weight excluding hydrogens is 234 g/mol. The van der Waals surface area contributed by atoms with E-state index in [1.165, 1.54) is 18.4 Å². The maximum absolute atomic E-state index is 11.6. The van der Waals surface area contributed by atoms with E-state index < -0.39 is 17.9 Å². The van der Waals surface area contributed by atoms with Gasteiger partial charge in [0.15, 0.2) is 0 Å². The van der Waals surface area contributed by atoms with Crippen LogP contribution in [0.25, 0.3) is 6.08 Å². The van der Waals surface area contributed by atoms with Gasteiger partial charge in [-0.05, 0) is 24.1 Å². The number of hydrogen-bond donors (Lipinski definition) is 2. The molecule has 0 saturated carbocycles. The second-order valence-electron chi connectivity index (χ2n) is 4.06. The maximum Gasteiger partial charge on any atom is 0.326 e. The van der Waals surface area contributed by atoms with Gasteiger partial charge >= 0.3 is 5.97 Å². The summed E-state index contributed by atoms with van der Waals surface area (Å²) in [7, 11) is 0. The topological polar surface area (TPSA) is 79.5 Å². The van der Waals surface area contributed by atoms with Crippen molar-refractivity contribution in [1.29, 1.82) is 0 Å². The summed E-state index contributed by atoms with van der Waals surface area (Å²) < 4.78 is 5.02. The lowest BCUT2D eigenvalue weighted by molar-refractivity contribution is -0.142. The summed E-state index contributed by atoms with van der Waals surface area (Å²) in [5, 5.41) is 11.5. The highest BCUT2D eigenvalue weighted by atomic mass is 16.4. The molecule has 1 unspecified atom stereocenters. The van der Waals surface area contributed by atoms with Crippen LogP contribution >= 0.6 is 0 Å². The molecule has 1 heterocycles. The summed E-state index contributed by atoms with van der Waals surface area (Å²) in [6, 6.07) is 2.54. The van der Waals surface area contributed by atoms with Crippen molar-refractivity contribution in [2.75, 3.05) is 0 Å². The zero-order chi connectivity index (χ0) is 13.5. The lowest BCUT2D eigenvalue weighted by Gasteiger charge is -2.19. The molecule has 5 heteroatoms. The second-order valence-corrected chi connectivity index (χ2v) is 4.06. The maximum atomic E-state index is 11.6. The minimum atomic E-state index is -1.02. The fourth-order valence-electron chi connectivity index (χ4n) is 1.43. The first-order valence-electron chi connectivity index (χ1n) is 5.79. The Kier molecular flexibility index (Phi) is 5.17. The van der Waals surface area contributed by atoms with Gasteiger partial charge in [-0.25, -0.2) is 4.79 Å². The Morgan fingerprint density at radius 1 is 1.56 bits per heavy atom. The van der Waals surface area contributed by atoms with Crippen LogP contribution < -0.4 is 5.32 Å². The first-order valence-corrected chi connectivity index (χ1v) is 5.79. The van der Waals surface area contributed by atoms with Crippen molar-refractivity contribution in [3.63, 3.8) is 0 Å². The van der Waals surface area contributed by atoms with Gasteiger partial charge in [-0.2, -0.15) is 0 Å². The predicted molar refractivity (Wildman–Crippen MR) is 66.8 cm³/mol. The van der Waals surface area contributed by atoms with Gasteiger partial charge in [0, 0.05) is 6.08 Å². The second kappa shape index (κ2) is 6.64. The van der Waals surface area contributed by atoms with E-state index in [0.717, 1.165) is 0 Å². The summed E-state index contributed by atoms with van der Waals surface area (Å²) >= 11 is 0. The molecule has 0 spiro atoms. The molecule has 0 fully saturated rings. The highest BCUT2D eigenvalue weighted by Gasteiger charge is 2.24. The van der Waals surface area contributed by atoms with E-state index in [1.54, 1.807) is 19.1 Å². The molecule has 1 aromatic heterocycles. The minimum Gasteiger partial charge on any atom is -0.480 e. The Morgan fingerprint density at radius 3 is 2.78 bits per heavy atom. The van der Waals surface area contributed by atoms with Crippen LogP contribution in [0.4, 0.5) is 0 Å². The minimum absolute atomic E-state index is 0.122. The fourth-order valence-corrected chi connectivity index (χ4v) is 1.43. The van der Waals surface area contributed by atoms with Gasteiger partial charge in [0.25, 0.3) is 0 Å². The number of carbonyl (C=O) groups excluding carboxylic acids is 1. The molecule has 0 bridgehead atoms. The van der Waals surface area contributed by atoms with Crippen molar-refractivity contribution < 1.29 is 19.1 Å². The van der Waals surface area contributed by atoms with Gasteiger partial charge in [0.2, 0.25) is 5.91 Å². The van der Waals surface area contributed by atoms with Crippen molar-refractivity contribution in [2.24, 2.45) is 5.92 Å². The van der Waals surface area contributed by atoms with Crippen molar-refractivity contribution in [3.8, 4) is 0 Å². The molecule has 1 aromatic rings. The third-order valence-electron chi connectivity index (χ3n) is 2.72. The molecule has 0 radical (unpaired) electrons. The van der Waals surface area contributed by atoms with Crippen molar-refractivity contribution in [1.82, 2.24) is 5.32 Å². The predicted octanol–water partition coefficient (Wildman–Crippen LogP) is 1.91. The van der Waals surface area contributed by atoms with E-state index in [9.17, 15) is 9.59 Å². The number of hydrogen-bond acceptors (Lipinski definition) is 3. The molecule has 1 amide bonds. The van der Waals surface area contributed by atoms with E-state index in [-0.39, 0.29) is 5.92 Å². The zero-order valence-corrected chi connectivity index (χ0v) is 10.4. The number of carboxylic acids is 1. The van der Waals surface area contributed by atoms with Gasteiger partial charge < -0.3 is 14.8 Å². The first-order chi connectivity index (χ1) is 8.54. The molecule has 1 rings (SSSR count). The third kappa shape index (κ3) is 4.08. The number of furan rings is 1. The largest absolute Gasteiger partial charge is 0.480 e. The Hall–Kier alpha value is -2.04. The quantitative estimate of drug-likeness (QED) is 0.757. The normalized spacial score (nSPS) is 14.3. The van der Waals surface area contributed by atoms with Crippen LogP contribution in [0.5, 0.6) is 0 Å². The molecule has 98 valence electrons. The van der Waals surface area contributed by atoms with Crippen LogP contribution in [0, 0.1) is 5.92 Å². The molecule has 0 aliphatic heterocycles. The summed E-state index contributed by atoms with van der Waals surface area (Å²) in [5.41, 5.74) is 0. The number of nitrogens with one attached hydrogen (secondary N) is 1. The molecule has 0 saturated heterocycles. The number of carbonyl (C=O) groups is 2. The highest BCUT2D eigenvalue weighted by Crippen LogP contribution is 2.08. The van der Waals surface area contributed by atoms with Crippen molar-refractivity contribution in [3.05, 3.63) is 30.2 Å². The molecule has 0 aromatic carbocycles. The molecule has 2 N–H and O–H groups in total. The molecule has 5 nitrogen and oxygen atoms in total. The SMILES string of the molecule is CCC(C)[C@H](NC(=O)C=Cc1ccco1)C(=O)O. The number of carboxylic acid groups (broad SMARTS) is 1. The van der Waals surface area contributed by atoms with E-state index in [4.69, 9.17) is 9.52 Å². The first kappa shape index (κ1) is 14.0. The summed E-state index contributed by atoms with van der Waals surface area (Å²) in [6.45, 7) is 3.67. The molecular formula is C13H17NO4. The fraction of sp³-hybridized carbons (Fsp3) is 0.385. The lowest BCUT2D eigenvalue weighted by atomic mass is 9.99. The Labute approximate surface area is 105 Å². The lowest BCUT2D eigenvalue weighted by Crippen LogP contribution is -2.44. The van der Waals surface area contributed by atoms with Crippen LogP contribution in [-0.4, -0.2) is 23.0 Å². The van der Waals surface area contributed by atoms with Crippen LogP contribution in [0.3, 0.4) is 0 Å². The van der Waals surface area contributed by atoms with E-state index >= 15 is 0 Å². The van der Waals surface area contributed by atoms with Crippen molar-refractivity contribution >= 4 is 18.0 Å². The molecule has 0 aliphatic rings. The molecule has 2 atom stereocenters. The summed E-state index contributed by atoms with van der Waals surface area (Å²) in [5.74, 6) is -1.05. The van der Waals surface area contributed by atoms with Crippen LogP contribution in [0.1, 0.15) is 26.0 Å². The Morgan fingerprint density at radius 2 is 2.28 bits per heavy atom. The third-order valence-corrected chi connectivity index (χ3v) is 2.72. The van der Waals surface area contributed by atoms with Gasteiger partial charge in [0.1, 0.15) is 11.8 Å². The monoisotopic (exact) mass is 251 g/mol. The summed E-state index contributed by atoms with van der Waals surface area (Å²) in [6.07, 6.45) is 4.93. The van der Waals surface area contributed by atoms with Gasteiger partial charge in [-0.15, -0.1) is 0 Å². The molecule has 18 heavy (non-hydrogen) atoms. The Bertz CT molecular complexity index is 422. The zero-order valence-electron chi connectivity index (χ0n) is 10.4. The summed E-state index contributed by atoms with van der Waals surface area (Å²) in [4.78, 5) is 22.6. The van der Waals surface area contributed by atoms with Crippen LogP contribution in [0.15, 0.2) is 28.9 Å². The average molecular weight is 251 g/mol. The van der Waals surface area contributed by atoms with Crippen LogP contribution in [0.2, 0.25) is 0 Å². The van der Waals surface area contributed by atoms with E-state index in [2.05, 4.69) is 5.32 Å². The molecule has 0 aliphatic carbocycles. The number of amides is 1. The number of rotatable bonds is 6. The number of aliphatic carboxylic acids is 1. The highest BCUT2D eigenvalue weighted by molar-refractivity contribution is 5.94. The van der Waals surface area contributed by atoms with Gasteiger partial charge in [-0.3, -0.25) is 4.79 Å². The standard InChI is InChI=1S/C13H17NO4/c1-3-9(2)12(13(16)17)14-11(15)7-6-10-5-4-8-18-10/h4-9,12H,3H2,1-2H3,(H,14,15)(H,16,17)/t9?,12-/m0/s1. The van der Waals surface area contributed by atoms with E-state index in [1.807, 2.05) is 6.92 Å². The smallest absolute Gasteiger partial charge is 0.326 e.